The molecule has 0 spiro atoms. The van der Waals surface area contributed by atoms with E-state index >= 15 is 0 Å². The van der Waals surface area contributed by atoms with Gasteiger partial charge in [0.15, 0.2) is 0 Å². The van der Waals surface area contributed by atoms with Crippen molar-refractivity contribution in [3.05, 3.63) is 30.1 Å². The van der Waals surface area contributed by atoms with E-state index < -0.39 is 0 Å². The van der Waals surface area contributed by atoms with E-state index in [4.69, 9.17) is 5.73 Å². The minimum absolute atomic E-state index is 0.0194. The first kappa shape index (κ1) is 14.6. The highest BCUT2D eigenvalue weighted by molar-refractivity contribution is 5.78. The molecule has 0 fully saturated rings. The van der Waals surface area contributed by atoms with Gasteiger partial charge in [-0.15, -0.1) is 0 Å². The van der Waals surface area contributed by atoms with Crippen LogP contribution in [-0.4, -0.2) is 28.4 Å². The second-order valence-electron chi connectivity index (χ2n) is 4.90. The Morgan fingerprint density at radius 1 is 1.44 bits per heavy atom. The van der Waals surface area contributed by atoms with Crippen LogP contribution in [0.1, 0.15) is 32.8 Å². The first-order valence-corrected chi connectivity index (χ1v) is 6.45. The van der Waals surface area contributed by atoms with E-state index in [1.165, 1.54) is 0 Å². The Hall–Kier alpha value is -1.42. The molecule has 1 amide bonds. The van der Waals surface area contributed by atoms with Gasteiger partial charge in [0, 0.05) is 30.9 Å². The number of amides is 1. The van der Waals surface area contributed by atoms with Crippen LogP contribution in [0.15, 0.2) is 24.5 Å². The van der Waals surface area contributed by atoms with Crippen molar-refractivity contribution in [2.75, 3.05) is 6.54 Å². The molecule has 0 aliphatic heterocycles. The summed E-state index contributed by atoms with van der Waals surface area (Å²) in [6, 6.07) is 4.06. The van der Waals surface area contributed by atoms with Crippen molar-refractivity contribution in [1.29, 1.82) is 0 Å². The zero-order chi connectivity index (χ0) is 13.5. The number of aromatic nitrogens is 1. The van der Waals surface area contributed by atoms with E-state index in [9.17, 15) is 4.79 Å². The lowest BCUT2D eigenvalue weighted by atomic mass is 10.0. The minimum Gasteiger partial charge on any atom is -0.336 e. The van der Waals surface area contributed by atoms with Gasteiger partial charge in [0.1, 0.15) is 0 Å². The van der Waals surface area contributed by atoms with Gasteiger partial charge in [-0.05, 0) is 38.4 Å². The fourth-order valence-corrected chi connectivity index (χ4v) is 1.86. The average molecular weight is 249 g/mol. The summed E-state index contributed by atoms with van der Waals surface area (Å²) in [6.07, 6.45) is 4.27. The quantitative estimate of drug-likeness (QED) is 0.836. The molecule has 1 atom stereocenters. The fourth-order valence-electron chi connectivity index (χ4n) is 1.86. The molecule has 0 bridgehead atoms. The number of nitrogens with zero attached hydrogens (tertiary/aromatic N) is 2. The SMILES string of the molecule is CC(CCN)C(=O)N(Cc1cccnc1)C(C)C. The number of carbonyl (C=O) groups is 1. The summed E-state index contributed by atoms with van der Waals surface area (Å²) in [5.41, 5.74) is 6.57. The van der Waals surface area contributed by atoms with Crippen molar-refractivity contribution in [2.24, 2.45) is 11.7 Å². The van der Waals surface area contributed by atoms with E-state index in [0.717, 1.165) is 12.0 Å². The van der Waals surface area contributed by atoms with Gasteiger partial charge in [0.05, 0.1) is 0 Å². The number of hydrogen-bond donors (Lipinski definition) is 1. The zero-order valence-electron chi connectivity index (χ0n) is 11.5. The van der Waals surface area contributed by atoms with E-state index in [0.29, 0.717) is 13.1 Å². The summed E-state index contributed by atoms with van der Waals surface area (Å²) in [7, 11) is 0. The second kappa shape index (κ2) is 7.11. The van der Waals surface area contributed by atoms with Crippen LogP contribution in [0.2, 0.25) is 0 Å². The van der Waals surface area contributed by atoms with Gasteiger partial charge < -0.3 is 10.6 Å². The molecule has 1 unspecified atom stereocenters. The van der Waals surface area contributed by atoms with Crippen LogP contribution in [-0.2, 0) is 11.3 Å². The maximum absolute atomic E-state index is 12.3. The lowest BCUT2D eigenvalue weighted by molar-refractivity contribution is -0.137. The molecule has 4 nitrogen and oxygen atoms in total. The molecule has 0 radical (unpaired) electrons. The minimum atomic E-state index is -0.0194. The summed E-state index contributed by atoms with van der Waals surface area (Å²) >= 11 is 0. The molecule has 100 valence electrons. The third-order valence-electron chi connectivity index (χ3n) is 3.00. The van der Waals surface area contributed by atoms with Gasteiger partial charge in [0.2, 0.25) is 5.91 Å². The lowest BCUT2D eigenvalue weighted by Gasteiger charge is -2.29. The lowest BCUT2D eigenvalue weighted by Crippen LogP contribution is -2.40. The Morgan fingerprint density at radius 2 is 2.17 bits per heavy atom. The Morgan fingerprint density at radius 3 is 2.67 bits per heavy atom. The molecular formula is C14H23N3O. The van der Waals surface area contributed by atoms with Gasteiger partial charge in [-0.3, -0.25) is 9.78 Å². The predicted molar refractivity (Wildman–Crippen MR) is 72.8 cm³/mol. The second-order valence-corrected chi connectivity index (χ2v) is 4.90. The van der Waals surface area contributed by atoms with E-state index in [1.807, 2.05) is 37.8 Å². The normalized spacial score (nSPS) is 12.5. The molecule has 0 aliphatic carbocycles. The topological polar surface area (TPSA) is 59.2 Å². The fraction of sp³-hybridized carbons (Fsp3) is 0.571. The van der Waals surface area contributed by atoms with Crippen LogP contribution in [0.3, 0.4) is 0 Å². The number of pyridine rings is 1. The van der Waals surface area contributed by atoms with Crippen molar-refractivity contribution in [3.63, 3.8) is 0 Å². The third-order valence-corrected chi connectivity index (χ3v) is 3.00. The summed E-state index contributed by atoms with van der Waals surface area (Å²) in [6.45, 7) is 7.16. The maximum atomic E-state index is 12.3. The van der Waals surface area contributed by atoms with Gasteiger partial charge in [0.25, 0.3) is 0 Å². The van der Waals surface area contributed by atoms with Crippen LogP contribution in [0, 0.1) is 5.92 Å². The largest absolute Gasteiger partial charge is 0.336 e. The summed E-state index contributed by atoms with van der Waals surface area (Å²) in [4.78, 5) is 18.3. The summed E-state index contributed by atoms with van der Waals surface area (Å²) in [5, 5.41) is 0. The Labute approximate surface area is 109 Å². The Bertz CT molecular complexity index is 365. The molecule has 0 saturated carbocycles. The van der Waals surface area contributed by atoms with Crippen molar-refractivity contribution >= 4 is 5.91 Å². The van der Waals surface area contributed by atoms with Crippen molar-refractivity contribution in [2.45, 2.75) is 39.8 Å². The molecule has 4 heteroatoms. The first-order chi connectivity index (χ1) is 8.56. The van der Waals surface area contributed by atoms with Gasteiger partial charge in [-0.25, -0.2) is 0 Å². The Kier molecular flexibility index (Phi) is 5.78. The molecule has 0 saturated heterocycles. The molecule has 0 aromatic carbocycles. The van der Waals surface area contributed by atoms with Crippen LogP contribution in [0.4, 0.5) is 0 Å². The highest BCUT2D eigenvalue weighted by atomic mass is 16.2. The van der Waals surface area contributed by atoms with Crippen LogP contribution in [0.5, 0.6) is 0 Å². The predicted octanol–water partition coefficient (Wildman–Crippen LogP) is 1.80. The average Bonchev–Trinajstić information content (AvgIpc) is 2.36. The van der Waals surface area contributed by atoms with Crippen molar-refractivity contribution in [3.8, 4) is 0 Å². The molecular weight excluding hydrogens is 226 g/mol. The Balaban J connectivity index is 2.74. The number of nitrogens with two attached hydrogens (primary N) is 1. The zero-order valence-corrected chi connectivity index (χ0v) is 11.5. The molecule has 1 rings (SSSR count). The maximum Gasteiger partial charge on any atom is 0.225 e. The highest BCUT2D eigenvalue weighted by Gasteiger charge is 2.22. The molecule has 18 heavy (non-hydrogen) atoms. The number of rotatable bonds is 6. The summed E-state index contributed by atoms with van der Waals surface area (Å²) < 4.78 is 0. The van der Waals surface area contributed by atoms with Gasteiger partial charge in [-0.2, -0.15) is 0 Å². The van der Waals surface area contributed by atoms with Crippen LogP contribution < -0.4 is 5.73 Å². The smallest absolute Gasteiger partial charge is 0.225 e. The van der Waals surface area contributed by atoms with Crippen LogP contribution in [0.25, 0.3) is 0 Å². The number of hydrogen-bond acceptors (Lipinski definition) is 3. The molecule has 1 aromatic heterocycles. The van der Waals surface area contributed by atoms with Gasteiger partial charge >= 0.3 is 0 Å². The first-order valence-electron chi connectivity index (χ1n) is 6.45. The third kappa shape index (κ3) is 4.11. The van der Waals surface area contributed by atoms with E-state index in [1.54, 1.807) is 12.4 Å². The molecule has 1 aromatic rings. The monoisotopic (exact) mass is 249 g/mol. The van der Waals surface area contributed by atoms with E-state index in [2.05, 4.69) is 4.98 Å². The van der Waals surface area contributed by atoms with Crippen molar-refractivity contribution in [1.82, 2.24) is 9.88 Å². The highest BCUT2D eigenvalue weighted by Crippen LogP contribution is 2.13. The number of carbonyl (C=O) groups excluding carboxylic acids is 1. The van der Waals surface area contributed by atoms with E-state index in [-0.39, 0.29) is 17.9 Å². The molecule has 1 heterocycles. The van der Waals surface area contributed by atoms with Crippen molar-refractivity contribution < 1.29 is 4.79 Å². The molecule has 0 aliphatic rings. The van der Waals surface area contributed by atoms with Gasteiger partial charge in [-0.1, -0.05) is 13.0 Å². The summed E-state index contributed by atoms with van der Waals surface area (Å²) in [5.74, 6) is 0.147. The van der Waals surface area contributed by atoms with Crippen LogP contribution >= 0.6 is 0 Å². The standard InChI is InChI=1S/C14H23N3O/c1-11(2)17(14(18)12(3)6-7-15)10-13-5-4-8-16-9-13/h4-5,8-9,11-12H,6-7,10,15H2,1-3H3. The molecule has 2 N–H and O–H groups in total.